The van der Waals surface area contributed by atoms with Gasteiger partial charge in [0.15, 0.2) is 0 Å². The van der Waals surface area contributed by atoms with Gasteiger partial charge in [-0.1, -0.05) is 37.3 Å². The number of nitrogens with zero attached hydrogens (tertiary/aromatic N) is 3. The molecule has 0 aliphatic carbocycles. The van der Waals surface area contributed by atoms with Crippen molar-refractivity contribution >= 4 is 5.95 Å². The van der Waals surface area contributed by atoms with Crippen LogP contribution in [0.15, 0.2) is 42.6 Å². The molecule has 0 radical (unpaired) electrons. The van der Waals surface area contributed by atoms with Gasteiger partial charge in [-0.15, -0.1) is 0 Å². The zero-order valence-electron chi connectivity index (χ0n) is 12.4. The van der Waals surface area contributed by atoms with Crippen molar-refractivity contribution in [2.45, 2.75) is 19.4 Å². The molecule has 4 nitrogen and oxygen atoms in total. The number of hydrogen-bond acceptors (Lipinski definition) is 4. The van der Waals surface area contributed by atoms with Crippen LogP contribution in [-0.2, 0) is 6.42 Å². The van der Waals surface area contributed by atoms with Crippen LogP contribution in [0, 0.1) is 0 Å². The molecule has 2 rings (SSSR count). The number of hydrogen-bond donors (Lipinski definition) is 1. The summed E-state index contributed by atoms with van der Waals surface area (Å²) >= 11 is 0. The summed E-state index contributed by atoms with van der Waals surface area (Å²) < 4.78 is 0. The lowest BCUT2D eigenvalue weighted by Crippen LogP contribution is -2.23. The minimum Gasteiger partial charge on any atom is -0.347 e. The van der Waals surface area contributed by atoms with Gasteiger partial charge in [0, 0.05) is 38.4 Å². The standard InChI is InChI=1S/C16H22N4/c1-4-17-15(13-8-6-5-7-9-13)12-14-10-11-18-16(19-14)20(2)3/h5-11,15,17H,4,12H2,1-3H3. The van der Waals surface area contributed by atoms with Gasteiger partial charge in [0.05, 0.1) is 0 Å². The van der Waals surface area contributed by atoms with E-state index in [-0.39, 0.29) is 6.04 Å². The first-order valence-electron chi connectivity index (χ1n) is 6.98. The van der Waals surface area contributed by atoms with Crippen molar-refractivity contribution in [3.8, 4) is 0 Å². The van der Waals surface area contributed by atoms with Crippen LogP contribution in [0.5, 0.6) is 0 Å². The molecule has 1 unspecified atom stereocenters. The van der Waals surface area contributed by atoms with E-state index in [2.05, 4.69) is 46.5 Å². The molecule has 1 heterocycles. The predicted octanol–water partition coefficient (Wildman–Crippen LogP) is 2.44. The van der Waals surface area contributed by atoms with Crippen LogP contribution in [0.25, 0.3) is 0 Å². The predicted molar refractivity (Wildman–Crippen MR) is 82.9 cm³/mol. The van der Waals surface area contributed by atoms with Crippen LogP contribution in [0.2, 0.25) is 0 Å². The third-order valence-corrected chi connectivity index (χ3v) is 3.17. The second kappa shape index (κ2) is 7.01. The van der Waals surface area contributed by atoms with Gasteiger partial charge < -0.3 is 10.2 Å². The Morgan fingerprint density at radius 2 is 1.90 bits per heavy atom. The van der Waals surface area contributed by atoms with Crippen molar-refractivity contribution in [3.05, 3.63) is 53.9 Å². The topological polar surface area (TPSA) is 41.1 Å². The molecule has 0 spiro atoms. The van der Waals surface area contributed by atoms with Gasteiger partial charge in [0.25, 0.3) is 0 Å². The van der Waals surface area contributed by atoms with E-state index in [4.69, 9.17) is 0 Å². The molecule has 0 amide bonds. The van der Waals surface area contributed by atoms with Crippen LogP contribution in [0.3, 0.4) is 0 Å². The Labute approximate surface area is 120 Å². The fourth-order valence-electron chi connectivity index (χ4n) is 2.16. The molecule has 0 bridgehead atoms. The zero-order valence-corrected chi connectivity index (χ0v) is 12.4. The van der Waals surface area contributed by atoms with E-state index in [1.807, 2.05) is 37.3 Å². The number of aromatic nitrogens is 2. The Kier molecular flexibility index (Phi) is 5.07. The first-order valence-corrected chi connectivity index (χ1v) is 6.98. The first kappa shape index (κ1) is 14.5. The Hall–Kier alpha value is -1.94. The highest BCUT2D eigenvalue weighted by molar-refractivity contribution is 5.28. The molecule has 0 aliphatic heterocycles. The maximum Gasteiger partial charge on any atom is 0.224 e. The summed E-state index contributed by atoms with van der Waals surface area (Å²) in [6, 6.07) is 12.8. The molecule has 1 N–H and O–H groups in total. The highest BCUT2D eigenvalue weighted by Crippen LogP contribution is 2.18. The fraction of sp³-hybridized carbons (Fsp3) is 0.375. The summed E-state index contributed by atoms with van der Waals surface area (Å²) in [7, 11) is 3.91. The monoisotopic (exact) mass is 270 g/mol. The average molecular weight is 270 g/mol. The van der Waals surface area contributed by atoms with Gasteiger partial charge in [0.1, 0.15) is 0 Å². The molecule has 20 heavy (non-hydrogen) atoms. The smallest absolute Gasteiger partial charge is 0.224 e. The quantitative estimate of drug-likeness (QED) is 0.875. The summed E-state index contributed by atoms with van der Waals surface area (Å²) in [4.78, 5) is 10.8. The van der Waals surface area contributed by atoms with Gasteiger partial charge in [-0.2, -0.15) is 0 Å². The number of benzene rings is 1. The van der Waals surface area contributed by atoms with Gasteiger partial charge in [-0.25, -0.2) is 9.97 Å². The summed E-state index contributed by atoms with van der Waals surface area (Å²) in [5, 5.41) is 3.52. The Balaban J connectivity index is 2.18. The molecule has 0 fully saturated rings. The normalized spacial score (nSPS) is 12.2. The number of likely N-dealkylation sites (N-methyl/N-ethyl adjacent to an activating group) is 1. The maximum absolute atomic E-state index is 4.59. The second-order valence-electron chi connectivity index (χ2n) is 4.97. The van der Waals surface area contributed by atoms with Crippen molar-refractivity contribution in [2.75, 3.05) is 25.5 Å². The SMILES string of the molecule is CCNC(Cc1ccnc(N(C)C)n1)c1ccccc1. The Morgan fingerprint density at radius 1 is 1.15 bits per heavy atom. The number of rotatable bonds is 6. The molecule has 106 valence electrons. The van der Waals surface area contributed by atoms with E-state index < -0.39 is 0 Å². The lowest BCUT2D eigenvalue weighted by molar-refractivity contribution is 0.543. The fourth-order valence-corrected chi connectivity index (χ4v) is 2.16. The van der Waals surface area contributed by atoms with Crippen LogP contribution in [0.1, 0.15) is 24.2 Å². The molecular weight excluding hydrogens is 248 g/mol. The van der Waals surface area contributed by atoms with Gasteiger partial charge >= 0.3 is 0 Å². The van der Waals surface area contributed by atoms with E-state index in [1.165, 1.54) is 5.56 Å². The third kappa shape index (κ3) is 3.78. The van der Waals surface area contributed by atoms with Crippen molar-refractivity contribution in [3.63, 3.8) is 0 Å². The summed E-state index contributed by atoms with van der Waals surface area (Å²) in [5.74, 6) is 0.755. The molecule has 4 heteroatoms. The van der Waals surface area contributed by atoms with Crippen molar-refractivity contribution in [1.82, 2.24) is 15.3 Å². The van der Waals surface area contributed by atoms with Gasteiger partial charge in [0.2, 0.25) is 5.95 Å². The Morgan fingerprint density at radius 3 is 2.55 bits per heavy atom. The van der Waals surface area contributed by atoms with E-state index in [9.17, 15) is 0 Å². The lowest BCUT2D eigenvalue weighted by atomic mass is 10.0. The highest BCUT2D eigenvalue weighted by atomic mass is 15.2. The van der Waals surface area contributed by atoms with E-state index in [1.54, 1.807) is 0 Å². The molecule has 0 saturated heterocycles. The molecule has 1 aromatic carbocycles. The highest BCUT2D eigenvalue weighted by Gasteiger charge is 2.12. The Bertz CT molecular complexity index is 525. The molecule has 0 saturated carbocycles. The minimum absolute atomic E-state index is 0.283. The van der Waals surface area contributed by atoms with E-state index in [0.717, 1.165) is 24.6 Å². The molecule has 1 atom stereocenters. The molecular formula is C16H22N4. The molecule has 2 aromatic rings. The third-order valence-electron chi connectivity index (χ3n) is 3.17. The van der Waals surface area contributed by atoms with Crippen molar-refractivity contribution in [1.29, 1.82) is 0 Å². The van der Waals surface area contributed by atoms with Crippen molar-refractivity contribution in [2.24, 2.45) is 0 Å². The molecule has 0 aliphatic rings. The first-order chi connectivity index (χ1) is 9.70. The summed E-state index contributed by atoms with van der Waals surface area (Å²) in [6.07, 6.45) is 2.69. The number of anilines is 1. The van der Waals surface area contributed by atoms with Gasteiger partial charge in [-0.3, -0.25) is 0 Å². The van der Waals surface area contributed by atoms with Gasteiger partial charge in [-0.05, 0) is 18.2 Å². The van der Waals surface area contributed by atoms with Crippen LogP contribution >= 0.6 is 0 Å². The van der Waals surface area contributed by atoms with E-state index >= 15 is 0 Å². The summed E-state index contributed by atoms with van der Waals surface area (Å²) in [5.41, 5.74) is 2.35. The largest absolute Gasteiger partial charge is 0.347 e. The lowest BCUT2D eigenvalue weighted by Gasteiger charge is -2.19. The minimum atomic E-state index is 0.283. The van der Waals surface area contributed by atoms with E-state index in [0.29, 0.717) is 0 Å². The van der Waals surface area contributed by atoms with Crippen LogP contribution in [-0.4, -0.2) is 30.6 Å². The van der Waals surface area contributed by atoms with Crippen LogP contribution < -0.4 is 10.2 Å². The summed E-state index contributed by atoms with van der Waals surface area (Å²) in [6.45, 7) is 3.06. The molecule has 1 aromatic heterocycles. The number of nitrogens with one attached hydrogen (secondary N) is 1. The van der Waals surface area contributed by atoms with Crippen LogP contribution in [0.4, 0.5) is 5.95 Å². The maximum atomic E-state index is 4.59. The second-order valence-corrected chi connectivity index (χ2v) is 4.97. The average Bonchev–Trinajstić information content (AvgIpc) is 2.48. The van der Waals surface area contributed by atoms with Crippen molar-refractivity contribution < 1.29 is 0 Å². The zero-order chi connectivity index (χ0) is 14.4.